The molecule has 2 aromatic rings. The van der Waals surface area contributed by atoms with Crippen molar-refractivity contribution in [3.05, 3.63) is 53.1 Å². The first kappa shape index (κ1) is 20.0. The van der Waals surface area contributed by atoms with Crippen molar-refractivity contribution in [2.75, 3.05) is 36.9 Å². The normalized spacial score (nSPS) is 15.3. The van der Waals surface area contributed by atoms with E-state index in [1.165, 1.54) is 4.31 Å². The monoisotopic (exact) mass is 425 g/mol. The van der Waals surface area contributed by atoms with Crippen molar-refractivity contribution >= 4 is 50.3 Å². The number of nitrogens with zero attached hydrogens (tertiary/aromatic N) is 1. The third-order valence-corrected chi connectivity index (χ3v) is 6.51. The minimum atomic E-state index is -3.50. The average molecular weight is 426 g/mol. The van der Waals surface area contributed by atoms with Crippen LogP contribution in [0.1, 0.15) is 5.56 Å². The maximum absolute atomic E-state index is 12.6. The van der Waals surface area contributed by atoms with Crippen molar-refractivity contribution in [2.45, 2.75) is 11.8 Å². The van der Waals surface area contributed by atoms with Gasteiger partial charge < -0.3 is 15.4 Å². The molecule has 0 unspecified atom stereocenters. The third-order valence-electron chi connectivity index (χ3n) is 4.16. The molecular formula is C18H20ClN3O3S2. The predicted molar refractivity (Wildman–Crippen MR) is 112 cm³/mol. The van der Waals surface area contributed by atoms with E-state index in [0.29, 0.717) is 42.1 Å². The van der Waals surface area contributed by atoms with E-state index in [9.17, 15) is 8.42 Å². The molecule has 0 aliphatic carbocycles. The summed E-state index contributed by atoms with van der Waals surface area (Å²) < 4.78 is 31.9. The summed E-state index contributed by atoms with van der Waals surface area (Å²) in [6.45, 7) is 3.52. The summed E-state index contributed by atoms with van der Waals surface area (Å²) in [7, 11) is -3.50. The number of halogens is 1. The Bertz CT molecular complexity index is 927. The van der Waals surface area contributed by atoms with Gasteiger partial charge in [-0.25, -0.2) is 8.42 Å². The standard InChI is InChI=1S/C18H20ClN3O3S2/c1-13-12-14(19)2-7-17(13)21-18(26)20-15-3-5-16(6-4-15)27(23,24)22-8-10-25-11-9-22/h2-7,12H,8-11H2,1H3,(H2,20,21,26). The third kappa shape index (κ3) is 4.97. The number of hydrogen-bond donors (Lipinski definition) is 2. The van der Waals surface area contributed by atoms with Gasteiger partial charge in [-0.2, -0.15) is 4.31 Å². The molecule has 3 rings (SSSR count). The van der Waals surface area contributed by atoms with Gasteiger partial charge in [0.25, 0.3) is 0 Å². The zero-order chi connectivity index (χ0) is 19.4. The van der Waals surface area contributed by atoms with E-state index >= 15 is 0 Å². The first-order valence-electron chi connectivity index (χ1n) is 8.38. The molecule has 1 fully saturated rings. The van der Waals surface area contributed by atoms with Crippen LogP contribution in [0.15, 0.2) is 47.4 Å². The fraction of sp³-hybridized carbons (Fsp3) is 0.278. The van der Waals surface area contributed by atoms with E-state index in [1.807, 2.05) is 19.1 Å². The molecule has 27 heavy (non-hydrogen) atoms. The van der Waals surface area contributed by atoms with E-state index in [-0.39, 0.29) is 4.90 Å². The minimum absolute atomic E-state index is 0.252. The molecule has 6 nitrogen and oxygen atoms in total. The number of rotatable bonds is 4. The highest BCUT2D eigenvalue weighted by Crippen LogP contribution is 2.21. The quantitative estimate of drug-likeness (QED) is 0.731. The summed E-state index contributed by atoms with van der Waals surface area (Å²) >= 11 is 11.3. The van der Waals surface area contributed by atoms with Gasteiger partial charge in [0.15, 0.2) is 5.11 Å². The van der Waals surface area contributed by atoms with Gasteiger partial charge in [-0.15, -0.1) is 0 Å². The molecule has 0 spiro atoms. The number of ether oxygens (including phenoxy) is 1. The van der Waals surface area contributed by atoms with Crippen LogP contribution in [-0.4, -0.2) is 44.1 Å². The van der Waals surface area contributed by atoms with E-state index in [1.54, 1.807) is 30.3 Å². The average Bonchev–Trinajstić information content (AvgIpc) is 2.65. The molecule has 1 aliphatic heterocycles. The lowest BCUT2D eigenvalue weighted by Gasteiger charge is -2.26. The number of sulfonamides is 1. The lowest BCUT2D eigenvalue weighted by molar-refractivity contribution is 0.0730. The molecule has 1 aliphatic rings. The second kappa shape index (κ2) is 8.53. The van der Waals surface area contributed by atoms with Gasteiger partial charge in [-0.1, -0.05) is 11.6 Å². The highest BCUT2D eigenvalue weighted by Gasteiger charge is 2.26. The number of nitrogens with one attached hydrogen (secondary N) is 2. The lowest BCUT2D eigenvalue weighted by atomic mass is 10.2. The van der Waals surface area contributed by atoms with Gasteiger partial charge in [0.05, 0.1) is 18.1 Å². The Balaban J connectivity index is 1.65. The predicted octanol–water partition coefficient (Wildman–Crippen LogP) is 3.48. The molecule has 0 bridgehead atoms. The molecule has 9 heteroatoms. The molecule has 144 valence electrons. The molecule has 0 atom stereocenters. The highest BCUT2D eigenvalue weighted by molar-refractivity contribution is 7.89. The topological polar surface area (TPSA) is 70.7 Å². The van der Waals surface area contributed by atoms with Crippen molar-refractivity contribution in [3.63, 3.8) is 0 Å². The zero-order valence-corrected chi connectivity index (χ0v) is 17.1. The van der Waals surface area contributed by atoms with Crippen LogP contribution in [0.3, 0.4) is 0 Å². The summed E-state index contributed by atoms with van der Waals surface area (Å²) in [6, 6.07) is 12.0. The maximum Gasteiger partial charge on any atom is 0.243 e. The number of hydrogen-bond acceptors (Lipinski definition) is 4. The Morgan fingerprint density at radius 3 is 2.41 bits per heavy atom. The van der Waals surface area contributed by atoms with Crippen LogP contribution in [-0.2, 0) is 14.8 Å². The second-order valence-corrected chi connectivity index (χ2v) is 8.86. The number of anilines is 2. The van der Waals surface area contributed by atoms with Crippen LogP contribution < -0.4 is 10.6 Å². The number of benzene rings is 2. The van der Waals surface area contributed by atoms with Crippen LogP contribution in [0.25, 0.3) is 0 Å². The van der Waals surface area contributed by atoms with Gasteiger partial charge in [0.1, 0.15) is 0 Å². The first-order chi connectivity index (χ1) is 12.9. The Labute approximate surface area is 169 Å². The van der Waals surface area contributed by atoms with Crippen LogP contribution >= 0.6 is 23.8 Å². The van der Waals surface area contributed by atoms with Gasteiger partial charge in [-0.3, -0.25) is 0 Å². The Morgan fingerprint density at radius 2 is 1.78 bits per heavy atom. The number of aryl methyl sites for hydroxylation is 1. The van der Waals surface area contributed by atoms with Crippen LogP contribution in [0.2, 0.25) is 5.02 Å². The minimum Gasteiger partial charge on any atom is -0.379 e. The van der Waals surface area contributed by atoms with E-state index in [2.05, 4.69) is 10.6 Å². The van der Waals surface area contributed by atoms with Crippen molar-refractivity contribution in [1.29, 1.82) is 0 Å². The summed E-state index contributed by atoms with van der Waals surface area (Å²) in [5, 5.41) is 7.22. The van der Waals surface area contributed by atoms with Crippen LogP contribution in [0.4, 0.5) is 11.4 Å². The van der Waals surface area contributed by atoms with Crippen molar-refractivity contribution in [2.24, 2.45) is 0 Å². The van der Waals surface area contributed by atoms with Gasteiger partial charge in [0.2, 0.25) is 10.0 Å². The molecular weight excluding hydrogens is 406 g/mol. The first-order valence-corrected chi connectivity index (χ1v) is 10.6. The summed E-state index contributed by atoms with van der Waals surface area (Å²) in [4.78, 5) is 0.252. The molecule has 0 amide bonds. The van der Waals surface area contributed by atoms with Crippen molar-refractivity contribution in [1.82, 2.24) is 4.31 Å². The largest absolute Gasteiger partial charge is 0.379 e. The van der Waals surface area contributed by atoms with Gasteiger partial charge in [-0.05, 0) is 67.2 Å². The second-order valence-electron chi connectivity index (χ2n) is 6.08. The molecule has 2 aromatic carbocycles. The SMILES string of the molecule is Cc1cc(Cl)ccc1NC(=S)Nc1ccc(S(=O)(=O)N2CCOCC2)cc1. The molecule has 0 saturated carbocycles. The Hall–Kier alpha value is -1.71. The van der Waals surface area contributed by atoms with Gasteiger partial charge in [0, 0.05) is 29.5 Å². The van der Waals surface area contributed by atoms with Crippen molar-refractivity contribution < 1.29 is 13.2 Å². The van der Waals surface area contributed by atoms with Gasteiger partial charge >= 0.3 is 0 Å². The van der Waals surface area contributed by atoms with Crippen molar-refractivity contribution in [3.8, 4) is 0 Å². The Kier molecular flexibility index (Phi) is 6.33. The fourth-order valence-electron chi connectivity index (χ4n) is 2.70. The number of thiocarbonyl (C=S) groups is 1. The lowest BCUT2D eigenvalue weighted by Crippen LogP contribution is -2.40. The highest BCUT2D eigenvalue weighted by atomic mass is 35.5. The molecule has 1 saturated heterocycles. The van der Waals surface area contributed by atoms with Crippen LogP contribution in [0, 0.1) is 6.92 Å². The summed E-state index contributed by atoms with van der Waals surface area (Å²) in [5.74, 6) is 0. The molecule has 0 aromatic heterocycles. The van der Waals surface area contributed by atoms with E-state index in [4.69, 9.17) is 28.6 Å². The number of morpholine rings is 1. The van der Waals surface area contributed by atoms with Crippen LogP contribution in [0.5, 0.6) is 0 Å². The molecule has 2 N–H and O–H groups in total. The van der Waals surface area contributed by atoms with E-state index < -0.39 is 10.0 Å². The maximum atomic E-state index is 12.6. The summed E-state index contributed by atoms with van der Waals surface area (Å²) in [5.41, 5.74) is 2.52. The fourth-order valence-corrected chi connectivity index (χ4v) is 4.56. The zero-order valence-electron chi connectivity index (χ0n) is 14.7. The Morgan fingerprint density at radius 1 is 1.11 bits per heavy atom. The smallest absolute Gasteiger partial charge is 0.243 e. The molecule has 1 heterocycles. The molecule has 0 radical (unpaired) electrons. The van der Waals surface area contributed by atoms with E-state index in [0.717, 1.165) is 11.3 Å². The summed E-state index contributed by atoms with van der Waals surface area (Å²) in [6.07, 6.45) is 0.